The van der Waals surface area contributed by atoms with E-state index in [4.69, 9.17) is 0 Å². The van der Waals surface area contributed by atoms with Crippen molar-refractivity contribution in [1.82, 2.24) is 19.3 Å². The number of benzene rings is 2. The minimum absolute atomic E-state index is 0.0959. The molecule has 1 amide bonds. The maximum absolute atomic E-state index is 13.0. The Bertz CT molecular complexity index is 1390. The number of anilines is 1. The van der Waals surface area contributed by atoms with Gasteiger partial charge in [0.15, 0.2) is 11.4 Å². The molecule has 8 heteroatoms. The third kappa shape index (κ3) is 4.59. The number of Topliss-reactive ketones (excluding diaryl/α,β-unsaturated/α-hetero) is 1. The zero-order chi connectivity index (χ0) is 23.7. The Morgan fingerprint density at radius 2 is 1.70 bits per heavy atom. The molecule has 0 atom stereocenters. The van der Waals surface area contributed by atoms with Crippen molar-refractivity contribution in [3.63, 3.8) is 0 Å². The summed E-state index contributed by atoms with van der Waals surface area (Å²) >= 11 is 0. The highest BCUT2D eigenvalue weighted by Gasteiger charge is 2.15. The van der Waals surface area contributed by atoms with Crippen LogP contribution in [-0.4, -0.2) is 31.0 Å². The van der Waals surface area contributed by atoms with E-state index in [1.165, 1.54) is 17.1 Å². The molecule has 8 nitrogen and oxygen atoms in total. The van der Waals surface area contributed by atoms with Crippen LogP contribution in [0.2, 0.25) is 0 Å². The van der Waals surface area contributed by atoms with Crippen molar-refractivity contribution in [3.05, 3.63) is 82.0 Å². The fourth-order valence-electron chi connectivity index (χ4n) is 3.60. The second kappa shape index (κ2) is 8.82. The van der Waals surface area contributed by atoms with Gasteiger partial charge in [-0.1, -0.05) is 19.9 Å². The van der Waals surface area contributed by atoms with Gasteiger partial charge in [0.2, 0.25) is 5.91 Å². The number of ketones is 1. The molecule has 0 aliphatic carbocycles. The Morgan fingerprint density at radius 3 is 2.33 bits per heavy atom. The largest absolute Gasteiger partial charge is 0.326 e. The highest BCUT2D eigenvalue weighted by atomic mass is 16.2. The van der Waals surface area contributed by atoms with Crippen LogP contribution in [-0.2, 0) is 11.3 Å². The molecule has 0 aliphatic heterocycles. The van der Waals surface area contributed by atoms with Crippen molar-refractivity contribution in [1.29, 1.82) is 0 Å². The van der Waals surface area contributed by atoms with Gasteiger partial charge in [0.25, 0.3) is 5.56 Å². The normalized spacial score (nSPS) is 11.2. The van der Waals surface area contributed by atoms with Gasteiger partial charge >= 0.3 is 0 Å². The van der Waals surface area contributed by atoms with E-state index in [2.05, 4.69) is 21.5 Å². The van der Waals surface area contributed by atoms with Crippen LogP contribution < -0.4 is 10.9 Å². The molecular weight excluding hydrogens is 418 g/mol. The number of carbonyl (C=O) groups is 2. The standard InChI is InChI=1S/C25H25N5O3/c1-15(2)24(32)28-19-7-5-18(6-8-19)22(31)13-29-14-26-23-21(25(29)33)12-27-30(23)20-10-16(3)9-17(4)11-20/h5-12,14-15H,13H2,1-4H3,(H,28,32). The monoisotopic (exact) mass is 443 g/mol. The number of fused-ring (bicyclic) bond motifs is 1. The van der Waals surface area contributed by atoms with Crippen molar-refractivity contribution in [2.45, 2.75) is 34.2 Å². The smallest absolute Gasteiger partial charge is 0.264 e. The molecule has 0 bridgehead atoms. The van der Waals surface area contributed by atoms with Crippen LogP contribution in [0, 0.1) is 19.8 Å². The predicted octanol–water partition coefficient (Wildman–Crippen LogP) is 3.68. The molecule has 0 aliphatic rings. The Labute approximate surface area is 190 Å². The van der Waals surface area contributed by atoms with Crippen molar-refractivity contribution in [3.8, 4) is 5.69 Å². The SMILES string of the molecule is Cc1cc(C)cc(-n2ncc3c(=O)n(CC(=O)c4ccc(NC(=O)C(C)C)cc4)cnc32)c1. The van der Waals surface area contributed by atoms with E-state index < -0.39 is 0 Å². The Hall–Kier alpha value is -4.07. The number of nitrogens with one attached hydrogen (secondary N) is 1. The number of aryl methyl sites for hydroxylation is 2. The molecule has 2 heterocycles. The summed E-state index contributed by atoms with van der Waals surface area (Å²) in [6.45, 7) is 7.47. The molecule has 168 valence electrons. The topological polar surface area (TPSA) is 98.9 Å². The lowest BCUT2D eigenvalue weighted by molar-refractivity contribution is -0.118. The maximum atomic E-state index is 13.0. The van der Waals surface area contributed by atoms with Gasteiger partial charge in [0.1, 0.15) is 11.7 Å². The van der Waals surface area contributed by atoms with E-state index in [0.717, 1.165) is 16.8 Å². The molecule has 2 aromatic carbocycles. The fourth-order valence-corrected chi connectivity index (χ4v) is 3.60. The van der Waals surface area contributed by atoms with E-state index >= 15 is 0 Å². The molecule has 2 aromatic heterocycles. The highest BCUT2D eigenvalue weighted by Crippen LogP contribution is 2.17. The zero-order valence-electron chi connectivity index (χ0n) is 19.0. The van der Waals surface area contributed by atoms with Crippen LogP contribution in [0.3, 0.4) is 0 Å². The maximum Gasteiger partial charge on any atom is 0.264 e. The first-order chi connectivity index (χ1) is 15.7. The fraction of sp³-hybridized carbons (Fsp3) is 0.240. The van der Waals surface area contributed by atoms with Gasteiger partial charge in [-0.2, -0.15) is 5.10 Å². The molecule has 4 aromatic rings. The van der Waals surface area contributed by atoms with E-state index in [0.29, 0.717) is 22.3 Å². The second-order valence-electron chi connectivity index (χ2n) is 8.46. The van der Waals surface area contributed by atoms with Crippen LogP contribution in [0.5, 0.6) is 0 Å². The van der Waals surface area contributed by atoms with Gasteiger partial charge < -0.3 is 5.32 Å². The quantitative estimate of drug-likeness (QED) is 0.459. The van der Waals surface area contributed by atoms with Crippen molar-refractivity contribution in [2.24, 2.45) is 5.92 Å². The molecule has 0 saturated carbocycles. The molecule has 0 unspecified atom stereocenters. The highest BCUT2D eigenvalue weighted by molar-refractivity contribution is 5.97. The number of amides is 1. The predicted molar refractivity (Wildman–Crippen MR) is 127 cm³/mol. The average Bonchev–Trinajstić information content (AvgIpc) is 3.20. The summed E-state index contributed by atoms with van der Waals surface area (Å²) in [5, 5.41) is 7.48. The summed E-state index contributed by atoms with van der Waals surface area (Å²) < 4.78 is 2.92. The number of hydrogen-bond acceptors (Lipinski definition) is 5. The lowest BCUT2D eigenvalue weighted by Gasteiger charge is -2.09. The van der Waals surface area contributed by atoms with Gasteiger partial charge in [-0.15, -0.1) is 0 Å². The van der Waals surface area contributed by atoms with Crippen LogP contribution in [0.1, 0.15) is 35.3 Å². The summed E-state index contributed by atoms with van der Waals surface area (Å²) in [4.78, 5) is 42.0. The molecule has 0 radical (unpaired) electrons. The van der Waals surface area contributed by atoms with Crippen molar-refractivity contribution < 1.29 is 9.59 Å². The first-order valence-corrected chi connectivity index (χ1v) is 10.7. The third-order valence-corrected chi connectivity index (χ3v) is 5.32. The van der Waals surface area contributed by atoms with Gasteiger partial charge in [-0.25, -0.2) is 9.67 Å². The lowest BCUT2D eigenvalue weighted by atomic mass is 10.1. The van der Waals surface area contributed by atoms with E-state index in [9.17, 15) is 14.4 Å². The molecule has 4 rings (SSSR count). The summed E-state index contributed by atoms with van der Waals surface area (Å²) in [6, 6.07) is 12.6. The van der Waals surface area contributed by atoms with E-state index in [1.54, 1.807) is 28.9 Å². The van der Waals surface area contributed by atoms with Crippen LogP contribution in [0.25, 0.3) is 16.7 Å². The van der Waals surface area contributed by atoms with Crippen LogP contribution >= 0.6 is 0 Å². The molecule has 0 spiro atoms. The van der Waals surface area contributed by atoms with Crippen LogP contribution in [0.15, 0.2) is 59.8 Å². The first-order valence-electron chi connectivity index (χ1n) is 10.7. The summed E-state index contributed by atoms with van der Waals surface area (Å²) in [5.74, 6) is -0.469. The number of rotatable bonds is 6. The third-order valence-electron chi connectivity index (χ3n) is 5.32. The lowest BCUT2D eigenvalue weighted by Crippen LogP contribution is -2.24. The average molecular weight is 444 g/mol. The minimum atomic E-state index is -0.329. The van der Waals surface area contributed by atoms with Crippen molar-refractivity contribution in [2.75, 3.05) is 5.32 Å². The van der Waals surface area contributed by atoms with Gasteiger partial charge in [-0.3, -0.25) is 19.0 Å². The van der Waals surface area contributed by atoms with Crippen LogP contribution in [0.4, 0.5) is 5.69 Å². The Kier molecular flexibility index (Phi) is 5.91. The van der Waals surface area contributed by atoms with Gasteiger partial charge in [0, 0.05) is 17.2 Å². The summed E-state index contributed by atoms with van der Waals surface area (Å²) in [6.07, 6.45) is 2.86. The van der Waals surface area contributed by atoms with E-state index in [1.807, 2.05) is 39.8 Å². The molecule has 1 N–H and O–H groups in total. The number of nitrogens with zero attached hydrogens (tertiary/aromatic N) is 4. The Morgan fingerprint density at radius 1 is 1.03 bits per heavy atom. The molecule has 0 saturated heterocycles. The zero-order valence-corrected chi connectivity index (χ0v) is 19.0. The molecule has 33 heavy (non-hydrogen) atoms. The summed E-state index contributed by atoms with van der Waals surface area (Å²) in [7, 11) is 0. The summed E-state index contributed by atoms with van der Waals surface area (Å²) in [5.41, 5.74) is 4.17. The first kappa shape index (κ1) is 22.1. The second-order valence-corrected chi connectivity index (χ2v) is 8.46. The van der Waals surface area contributed by atoms with Gasteiger partial charge in [-0.05, 0) is 61.4 Å². The number of hydrogen-bond donors (Lipinski definition) is 1. The molecular formula is C25H25N5O3. The van der Waals surface area contributed by atoms with Gasteiger partial charge in [0.05, 0.1) is 18.4 Å². The van der Waals surface area contributed by atoms with Crippen molar-refractivity contribution >= 4 is 28.4 Å². The number of aromatic nitrogens is 4. The number of carbonyl (C=O) groups excluding carboxylic acids is 2. The molecule has 0 fully saturated rings. The minimum Gasteiger partial charge on any atom is -0.326 e. The van der Waals surface area contributed by atoms with E-state index in [-0.39, 0.29) is 29.7 Å². The Balaban J connectivity index is 1.57.